The van der Waals surface area contributed by atoms with E-state index in [4.69, 9.17) is 0 Å². The molecule has 2 aromatic rings. The highest BCUT2D eigenvalue weighted by Crippen LogP contribution is 2.29. The molecule has 0 aliphatic carbocycles. The number of hydrogen-bond donors (Lipinski definition) is 2. The summed E-state index contributed by atoms with van der Waals surface area (Å²) >= 11 is 0. The van der Waals surface area contributed by atoms with Gasteiger partial charge in [-0.2, -0.15) is 0 Å². The summed E-state index contributed by atoms with van der Waals surface area (Å²) in [7, 11) is -3.48. The quantitative estimate of drug-likeness (QED) is 0.914. The van der Waals surface area contributed by atoms with Crippen molar-refractivity contribution in [2.75, 3.05) is 0 Å². The molecule has 2 atom stereocenters. The Hall–Kier alpha value is -1.43. The van der Waals surface area contributed by atoms with Gasteiger partial charge in [-0.25, -0.2) is 13.1 Å². The van der Waals surface area contributed by atoms with Crippen molar-refractivity contribution in [1.29, 1.82) is 0 Å². The van der Waals surface area contributed by atoms with Crippen LogP contribution in [0.3, 0.4) is 0 Å². The van der Waals surface area contributed by atoms with E-state index in [1.54, 1.807) is 6.07 Å². The Morgan fingerprint density at radius 1 is 0.955 bits per heavy atom. The first-order chi connectivity index (χ1) is 10.6. The van der Waals surface area contributed by atoms with Gasteiger partial charge in [0.1, 0.15) is 0 Å². The van der Waals surface area contributed by atoms with Crippen molar-refractivity contribution in [2.24, 2.45) is 0 Å². The molecule has 2 heterocycles. The predicted octanol–water partition coefficient (Wildman–Crippen LogP) is 2.40. The second-order valence-electron chi connectivity index (χ2n) is 6.40. The number of piperidine rings is 1. The molecule has 2 aliphatic rings. The SMILES string of the molecule is O=S(=O)(NC1CC2CCC(C1)N2)c1cccc2ccccc12. The molecule has 2 fully saturated rings. The van der Waals surface area contributed by atoms with Crippen LogP contribution in [-0.4, -0.2) is 26.5 Å². The van der Waals surface area contributed by atoms with Gasteiger partial charge in [-0.1, -0.05) is 36.4 Å². The van der Waals surface area contributed by atoms with E-state index in [0.717, 1.165) is 36.5 Å². The van der Waals surface area contributed by atoms with Gasteiger partial charge in [0.15, 0.2) is 0 Å². The second kappa shape index (κ2) is 5.33. The predicted molar refractivity (Wildman–Crippen MR) is 87.2 cm³/mol. The Labute approximate surface area is 131 Å². The molecular formula is C17H20N2O2S. The van der Waals surface area contributed by atoms with Crippen molar-refractivity contribution in [3.63, 3.8) is 0 Å². The molecule has 0 saturated carbocycles. The molecular weight excluding hydrogens is 296 g/mol. The summed E-state index contributed by atoms with van der Waals surface area (Å²) in [5.74, 6) is 0. The Morgan fingerprint density at radius 3 is 2.41 bits per heavy atom. The lowest BCUT2D eigenvalue weighted by Crippen LogP contribution is -2.47. The van der Waals surface area contributed by atoms with Crippen molar-refractivity contribution in [3.05, 3.63) is 42.5 Å². The van der Waals surface area contributed by atoms with E-state index in [1.807, 2.05) is 36.4 Å². The Balaban J connectivity index is 1.65. The van der Waals surface area contributed by atoms with Crippen molar-refractivity contribution in [1.82, 2.24) is 10.0 Å². The van der Waals surface area contributed by atoms with Crippen LogP contribution in [0.4, 0.5) is 0 Å². The summed E-state index contributed by atoms with van der Waals surface area (Å²) in [5, 5.41) is 5.28. The molecule has 2 N–H and O–H groups in total. The molecule has 2 bridgehead atoms. The van der Waals surface area contributed by atoms with Crippen LogP contribution in [-0.2, 0) is 10.0 Å². The van der Waals surface area contributed by atoms with Gasteiger partial charge >= 0.3 is 0 Å². The highest BCUT2D eigenvalue weighted by Gasteiger charge is 2.35. The highest BCUT2D eigenvalue weighted by molar-refractivity contribution is 7.89. The Bertz CT molecular complexity index is 786. The molecule has 0 radical (unpaired) electrons. The molecule has 5 heteroatoms. The van der Waals surface area contributed by atoms with Gasteiger partial charge < -0.3 is 5.32 Å². The number of rotatable bonds is 3. The molecule has 0 aromatic heterocycles. The zero-order valence-corrected chi connectivity index (χ0v) is 13.1. The maximum atomic E-state index is 12.8. The molecule has 0 spiro atoms. The monoisotopic (exact) mass is 316 g/mol. The molecule has 2 unspecified atom stereocenters. The normalized spacial score (nSPS) is 28.1. The van der Waals surface area contributed by atoms with Crippen LogP contribution in [0.1, 0.15) is 25.7 Å². The van der Waals surface area contributed by atoms with E-state index in [1.165, 1.54) is 0 Å². The van der Waals surface area contributed by atoms with Crippen molar-refractivity contribution in [2.45, 2.75) is 48.7 Å². The molecule has 116 valence electrons. The van der Waals surface area contributed by atoms with Crippen LogP contribution in [0.25, 0.3) is 10.8 Å². The van der Waals surface area contributed by atoms with Crippen molar-refractivity contribution in [3.8, 4) is 0 Å². The van der Waals surface area contributed by atoms with Crippen molar-refractivity contribution >= 4 is 20.8 Å². The van der Waals surface area contributed by atoms with Gasteiger partial charge in [0.25, 0.3) is 0 Å². The molecule has 2 aromatic carbocycles. The van der Waals surface area contributed by atoms with Gasteiger partial charge in [-0.3, -0.25) is 0 Å². The van der Waals surface area contributed by atoms with Gasteiger partial charge in [0, 0.05) is 23.5 Å². The van der Waals surface area contributed by atoms with E-state index in [0.29, 0.717) is 17.0 Å². The van der Waals surface area contributed by atoms with Gasteiger partial charge in [0.2, 0.25) is 10.0 Å². The summed E-state index contributed by atoms with van der Waals surface area (Å²) in [6.07, 6.45) is 4.11. The van der Waals surface area contributed by atoms with Crippen LogP contribution in [0.5, 0.6) is 0 Å². The minimum absolute atomic E-state index is 0.0442. The van der Waals surface area contributed by atoms with E-state index in [9.17, 15) is 8.42 Å². The van der Waals surface area contributed by atoms with Crippen molar-refractivity contribution < 1.29 is 8.42 Å². The van der Waals surface area contributed by atoms with E-state index < -0.39 is 10.0 Å². The maximum Gasteiger partial charge on any atom is 0.241 e. The largest absolute Gasteiger partial charge is 0.311 e. The van der Waals surface area contributed by atoms with E-state index in [2.05, 4.69) is 10.0 Å². The molecule has 0 amide bonds. The van der Waals surface area contributed by atoms with E-state index >= 15 is 0 Å². The summed E-state index contributed by atoms with van der Waals surface area (Å²) in [6.45, 7) is 0. The van der Waals surface area contributed by atoms with Gasteiger partial charge in [-0.05, 0) is 37.1 Å². The van der Waals surface area contributed by atoms with Crippen LogP contribution in [0.15, 0.2) is 47.4 Å². The average Bonchev–Trinajstić information content (AvgIpc) is 2.85. The standard InChI is InChI=1S/C17H20N2O2S/c20-22(21,19-15-10-13-8-9-14(11-15)18-13)17-7-3-5-12-4-1-2-6-16(12)17/h1-7,13-15,18-19H,8-11H2. The van der Waals surface area contributed by atoms with Gasteiger partial charge in [0.05, 0.1) is 4.90 Å². The zero-order chi connectivity index (χ0) is 15.2. The summed E-state index contributed by atoms with van der Waals surface area (Å²) < 4.78 is 28.6. The van der Waals surface area contributed by atoms with Crippen LogP contribution in [0, 0.1) is 0 Å². The number of benzene rings is 2. The lowest BCUT2D eigenvalue weighted by molar-refractivity contribution is 0.345. The number of sulfonamides is 1. The molecule has 4 rings (SSSR count). The topological polar surface area (TPSA) is 58.2 Å². The maximum absolute atomic E-state index is 12.8. The molecule has 2 saturated heterocycles. The van der Waals surface area contributed by atoms with Crippen LogP contribution < -0.4 is 10.0 Å². The lowest BCUT2D eigenvalue weighted by atomic mass is 10.0. The third-order valence-electron chi connectivity index (χ3n) is 4.83. The number of nitrogens with one attached hydrogen (secondary N) is 2. The fraction of sp³-hybridized carbons (Fsp3) is 0.412. The average molecular weight is 316 g/mol. The molecule has 2 aliphatic heterocycles. The van der Waals surface area contributed by atoms with Crippen LogP contribution >= 0.6 is 0 Å². The third kappa shape index (κ3) is 2.53. The minimum Gasteiger partial charge on any atom is -0.311 e. The fourth-order valence-electron chi connectivity index (χ4n) is 3.87. The number of hydrogen-bond acceptors (Lipinski definition) is 3. The summed E-state index contributed by atoms with van der Waals surface area (Å²) in [6, 6.07) is 14.1. The first-order valence-corrected chi connectivity index (χ1v) is 9.36. The summed E-state index contributed by atoms with van der Waals surface area (Å²) in [4.78, 5) is 0.386. The fourth-order valence-corrected chi connectivity index (χ4v) is 5.36. The first-order valence-electron chi connectivity index (χ1n) is 7.88. The second-order valence-corrected chi connectivity index (χ2v) is 8.09. The highest BCUT2D eigenvalue weighted by atomic mass is 32.2. The lowest BCUT2D eigenvalue weighted by Gasteiger charge is -2.29. The molecule has 22 heavy (non-hydrogen) atoms. The zero-order valence-electron chi connectivity index (χ0n) is 12.3. The molecule has 4 nitrogen and oxygen atoms in total. The smallest absolute Gasteiger partial charge is 0.241 e. The van der Waals surface area contributed by atoms with Gasteiger partial charge in [-0.15, -0.1) is 0 Å². The Morgan fingerprint density at radius 2 is 1.64 bits per heavy atom. The number of fused-ring (bicyclic) bond motifs is 3. The Kier molecular flexibility index (Phi) is 3.44. The van der Waals surface area contributed by atoms with Crippen LogP contribution in [0.2, 0.25) is 0 Å². The minimum atomic E-state index is -3.48. The first kappa shape index (κ1) is 14.2. The van der Waals surface area contributed by atoms with E-state index in [-0.39, 0.29) is 6.04 Å². The third-order valence-corrected chi connectivity index (χ3v) is 6.41. The summed E-state index contributed by atoms with van der Waals surface area (Å²) in [5.41, 5.74) is 0.